The van der Waals surface area contributed by atoms with E-state index in [1.165, 1.54) is 12.1 Å². The van der Waals surface area contributed by atoms with Crippen molar-refractivity contribution in [3.63, 3.8) is 0 Å². The van der Waals surface area contributed by atoms with E-state index in [1.54, 1.807) is 13.0 Å². The molecule has 1 atom stereocenters. The fraction of sp³-hybridized carbons (Fsp3) is 0.143. The highest BCUT2D eigenvalue weighted by molar-refractivity contribution is 6.32. The van der Waals surface area contributed by atoms with E-state index in [0.29, 0.717) is 16.8 Å². The van der Waals surface area contributed by atoms with Gasteiger partial charge in [-0.15, -0.1) is 5.10 Å². The maximum atomic E-state index is 11.1. The molecule has 0 unspecified atom stereocenters. The van der Waals surface area contributed by atoms with Crippen LogP contribution < -0.4 is 10.5 Å². The van der Waals surface area contributed by atoms with Crippen LogP contribution >= 0.6 is 11.6 Å². The highest BCUT2D eigenvalue weighted by atomic mass is 35.5. The lowest BCUT2D eigenvalue weighted by atomic mass is 9.84. The summed E-state index contributed by atoms with van der Waals surface area (Å²) in [6, 6.07) is 6.38. The molecular weight excluding hydrogens is 322 g/mol. The number of halogens is 1. The number of nitrogens with one attached hydrogen (secondary N) is 1. The molecule has 0 bridgehead atoms. The number of nitriles is 1. The molecule has 0 fully saturated rings. The number of aromatic amines is 1. The second-order valence-electron chi connectivity index (χ2n) is 4.96. The molecule has 2 heterocycles. The molecule has 1 aliphatic rings. The number of ether oxygens (including phenoxy) is 1. The van der Waals surface area contributed by atoms with Gasteiger partial charge in [-0.05, 0) is 18.6 Å². The Morgan fingerprint density at radius 1 is 1.57 bits per heavy atom. The third kappa shape index (κ3) is 2.27. The molecule has 3 rings (SSSR count). The Kier molecular flexibility index (Phi) is 3.42. The highest BCUT2D eigenvalue weighted by Crippen LogP contribution is 2.43. The third-order valence-electron chi connectivity index (χ3n) is 3.63. The average molecular weight is 332 g/mol. The van der Waals surface area contributed by atoms with E-state index in [1.807, 2.05) is 6.07 Å². The molecule has 9 heteroatoms. The van der Waals surface area contributed by atoms with Crippen molar-refractivity contribution < 1.29 is 9.66 Å². The Bertz CT molecular complexity index is 896. The Labute approximate surface area is 135 Å². The van der Waals surface area contributed by atoms with Crippen molar-refractivity contribution in [3.05, 3.63) is 61.6 Å². The quantitative estimate of drug-likeness (QED) is 0.642. The van der Waals surface area contributed by atoms with Crippen LogP contribution in [0.3, 0.4) is 0 Å². The highest BCUT2D eigenvalue weighted by Gasteiger charge is 2.35. The Morgan fingerprint density at radius 2 is 2.30 bits per heavy atom. The zero-order valence-corrected chi connectivity index (χ0v) is 12.6. The van der Waals surface area contributed by atoms with Gasteiger partial charge in [-0.1, -0.05) is 17.7 Å². The summed E-state index contributed by atoms with van der Waals surface area (Å²) < 4.78 is 5.34. The van der Waals surface area contributed by atoms with Gasteiger partial charge in [-0.25, -0.2) is 0 Å². The number of fused-ring (bicyclic) bond motifs is 1. The van der Waals surface area contributed by atoms with Gasteiger partial charge in [0.2, 0.25) is 11.8 Å². The van der Waals surface area contributed by atoms with E-state index in [-0.39, 0.29) is 28.0 Å². The normalized spacial score (nSPS) is 16.5. The minimum Gasteiger partial charge on any atom is -0.420 e. The van der Waals surface area contributed by atoms with Crippen LogP contribution in [0.25, 0.3) is 0 Å². The maximum Gasteiger partial charge on any atom is 0.288 e. The lowest BCUT2D eigenvalue weighted by molar-refractivity contribution is -0.384. The SMILES string of the molecule is Cc1[nH]nc2c1[C@@H](c1ccc(Cl)c([N+](=O)[O-])c1)C(C#N)=C(N)O2. The zero-order valence-electron chi connectivity index (χ0n) is 11.8. The minimum absolute atomic E-state index is 0.0189. The predicted octanol–water partition coefficient (Wildman–Crippen LogP) is 2.50. The van der Waals surface area contributed by atoms with Gasteiger partial charge < -0.3 is 10.5 Å². The monoisotopic (exact) mass is 331 g/mol. The van der Waals surface area contributed by atoms with Gasteiger partial charge in [0.15, 0.2) is 0 Å². The molecule has 0 amide bonds. The van der Waals surface area contributed by atoms with E-state index >= 15 is 0 Å². The van der Waals surface area contributed by atoms with Crippen molar-refractivity contribution in [2.45, 2.75) is 12.8 Å². The Hall–Kier alpha value is -3.05. The smallest absolute Gasteiger partial charge is 0.288 e. The van der Waals surface area contributed by atoms with Gasteiger partial charge in [-0.2, -0.15) is 5.26 Å². The van der Waals surface area contributed by atoms with Crippen LogP contribution in [0.4, 0.5) is 5.69 Å². The first kappa shape index (κ1) is 14.9. The molecular formula is C14H10ClN5O3. The molecule has 1 aromatic carbocycles. The van der Waals surface area contributed by atoms with Crippen LogP contribution in [0.2, 0.25) is 5.02 Å². The van der Waals surface area contributed by atoms with Gasteiger partial charge in [-0.3, -0.25) is 15.2 Å². The second-order valence-corrected chi connectivity index (χ2v) is 5.37. The van der Waals surface area contributed by atoms with Crippen LogP contribution in [0.1, 0.15) is 22.7 Å². The Morgan fingerprint density at radius 3 is 2.96 bits per heavy atom. The summed E-state index contributed by atoms with van der Waals surface area (Å²) in [6.07, 6.45) is 0. The van der Waals surface area contributed by atoms with Crippen LogP contribution in [0.5, 0.6) is 5.88 Å². The number of H-pyrrole nitrogens is 1. The molecule has 0 spiro atoms. The molecule has 8 nitrogen and oxygen atoms in total. The molecule has 2 aromatic rings. The molecule has 23 heavy (non-hydrogen) atoms. The van der Waals surface area contributed by atoms with E-state index in [9.17, 15) is 15.4 Å². The summed E-state index contributed by atoms with van der Waals surface area (Å²) in [7, 11) is 0. The van der Waals surface area contributed by atoms with Crippen molar-refractivity contribution in [2.24, 2.45) is 5.73 Å². The van der Waals surface area contributed by atoms with Crippen molar-refractivity contribution in [3.8, 4) is 11.9 Å². The number of aromatic nitrogens is 2. The van der Waals surface area contributed by atoms with Gasteiger partial charge in [0.05, 0.1) is 10.8 Å². The standard InChI is InChI=1S/C14H10ClN5O3/c1-6-11-12(7-2-3-9(15)10(4-7)20(21)22)8(5-16)13(17)23-14(11)19-18-6/h2-4,12H,17H2,1H3,(H,18,19)/t12-/m0/s1. The van der Waals surface area contributed by atoms with E-state index in [2.05, 4.69) is 10.2 Å². The molecule has 0 saturated heterocycles. The summed E-state index contributed by atoms with van der Waals surface area (Å²) in [6.45, 7) is 1.77. The number of nitro benzene ring substituents is 1. The summed E-state index contributed by atoms with van der Waals surface area (Å²) in [5.74, 6) is -0.436. The molecule has 1 aromatic heterocycles. The summed E-state index contributed by atoms with van der Waals surface area (Å²) >= 11 is 5.85. The van der Waals surface area contributed by atoms with Crippen molar-refractivity contribution in [2.75, 3.05) is 0 Å². The zero-order chi connectivity index (χ0) is 16.7. The van der Waals surface area contributed by atoms with Gasteiger partial charge in [0.25, 0.3) is 5.69 Å². The lowest BCUT2D eigenvalue weighted by Crippen LogP contribution is -2.21. The second kappa shape index (κ2) is 5.30. The summed E-state index contributed by atoms with van der Waals surface area (Å²) in [5, 5.41) is 27.3. The van der Waals surface area contributed by atoms with Crippen molar-refractivity contribution in [1.29, 1.82) is 5.26 Å². The first-order chi connectivity index (χ1) is 10.9. The number of benzene rings is 1. The summed E-state index contributed by atoms with van der Waals surface area (Å²) in [5.41, 5.74) is 7.52. The number of hydrogen-bond donors (Lipinski definition) is 2. The number of nitrogens with two attached hydrogens (primary N) is 1. The van der Waals surface area contributed by atoms with Crippen LogP contribution in [0.15, 0.2) is 29.7 Å². The van der Waals surface area contributed by atoms with Gasteiger partial charge in [0, 0.05) is 17.3 Å². The fourth-order valence-electron chi connectivity index (χ4n) is 2.58. The maximum absolute atomic E-state index is 11.1. The van der Waals surface area contributed by atoms with Crippen LogP contribution in [-0.2, 0) is 0 Å². The molecule has 116 valence electrons. The summed E-state index contributed by atoms with van der Waals surface area (Å²) in [4.78, 5) is 10.5. The van der Waals surface area contributed by atoms with Crippen molar-refractivity contribution >= 4 is 17.3 Å². The number of aryl methyl sites for hydroxylation is 1. The van der Waals surface area contributed by atoms with Crippen LogP contribution in [-0.4, -0.2) is 15.1 Å². The Balaban J connectivity index is 2.25. The average Bonchev–Trinajstić information content (AvgIpc) is 2.87. The minimum atomic E-state index is -0.613. The first-order valence-corrected chi connectivity index (χ1v) is 6.88. The molecule has 1 aliphatic heterocycles. The fourth-order valence-corrected chi connectivity index (χ4v) is 2.77. The number of allylic oxidation sites excluding steroid dienone is 1. The predicted molar refractivity (Wildman–Crippen MR) is 80.7 cm³/mol. The van der Waals surface area contributed by atoms with E-state index in [0.717, 1.165) is 0 Å². The van der Waals surface area contributed by atoms with E-state index in [4.69, 9.17) is 22.1 Å². The van der Waals surface area contributed by atoms with Crippen molar-refractivity contribution in [1.82, 2.24) is 10.2 Å². The topological polar surface area (TPSA) is 131 Å². The largest absolute Gasteiger partial charge is 0.420 e. The third-order valence-corrected chi connectivity index (χ3v) is 3.95. The number of hydrogen-bond acceptors (Lipinski definition) is 6. The van der Waals surface area contributed by atoms with Gasteiger partial charge >= 0.3 is 0 Å². The molecule has 0 radical (unpaired) electrons. The molecule has 3 N–H and O–H groups in total. The number of rotatable bonds is 2. The van der Waals surface area contributed by atoms with Gasteiger partial charge in [0.1, 0.15) is 16.7 Å². The molecule has 0 saturated carbocycles. The number of nitro groups is 1. The number of nitrogens with zero attached hydrogens (tertiary/aromatic N) is 3. The van der Waals surface area contributed by atoms with E-state index < -0.39 is 10.8 Å². The van der Waals surface area contributed by atoms with Crippen LogP contribution in [0, 0.1) is 28.4 Å². The molecule has 0 aliphatic carbocycles. The lowest BCUT2D eigenvalue weighted by Gasteiger charge is -2.23. The first-order valence-electron chi connectivity index (χ1n) is 6.50.